The number of nitrogens with zero attached hydrogens (tertiary/aromatic N) is 4. The Balaban J connectivity index is 1.45. The lowest BCUT2D eigenvalue weighted by Gasteiger charge is -2.49. The molecule has 4 N–H and O–H groups in total. The highest BCUT2D eigenvalue weighted by Crippen LogP contribution is 2.41. The second-order valence-corrected chi connectivity index (χ2v) is 10.5. The second-order valence-electron chi connectivity index (χ2n) is 7.61. The number of carboxylic acid groups (broad SMARTS) is 1. The summed E-state index contributed by atoms with van der Waals surface area (Å²) in [6, 6.07) is 2.81. The first-order valence-electron chi connectivity index (χ1n) is 10.8. The van der Waals surface area contributed by atoms with E-state index in [1.807, 2.05) is 23.6 Å². The van der Waals surface area contributed by atoms with Crippen LogP contribution in [0.5, 0.6) is 0 Å². The molecule has 1 unspecified atom stereocenters. The zero-order chi connectivity index (χ0) is 26.4. The molecule has 0 aliphatic carbocycles. The topological polar surface area (TPSA) is 160 Å². The fourth-order valence-electron chi connectivity index (χ4n) is 3.51. The zero-order valence-corrected chi connectivity index (χ0v) is 21.7. The van der Waals surface area contributed by atoms with Crippen molar-refractivity contribution in [3.05, 3.63) is 70.5 Å². The summed E-state index contributed by atoms with van der Waals surface area (Å²) < 4.78 is 0. The molecule has 4 rings (SSSR count). The average Bonchev–Trinajstić information content (AvgIpc) is 3.33. The summed E-state index contributed by atoms with van der Waals surface area (Å²) in [7, 11) is 0. The van der Waals surface area contributed by atoms with E-state index in [0.29, 0.717) is 17.1 Å². The van der Waals surface area contributed by atoms with Crippen LogP contribution in [0.1, 0.15) is 11.3 Å². The first kappa shape index (κ1) is 26.4. The minimum absolute atomic E-state index is 0.0444. The number of hydrogen-bond acceptors (Lipinski definition) is 11. The van der Waals surface area contributed by atoms with Crippen molar-refractivity contribution in [2.24, 2.45) is 5.16 Å². The van der Waals surface area contributed by atoms with Crippen molar-refractivity contribution in [3.8, 4) is 0 Å². The number of rotatable bonds is 11. The molecule has 0 spiro atoms. The van der Waals surface area contributed by atoms with Gasteiger partial charge in [0.25, 0.3) is 11.8 Å². The van der Waals surface area contributed by atoms with Gasteiger partial charge in [-0.05, 0) is 28.7 Å². The third-order valence-corrected chi connectivity index (χ3v) is 8.02. The standard InChI is InChI=1S/C23H22N6O5S3/c1-2-7-34-28-16(15-12-37-23(24)26-15)19(30)27-17-20(31)29-18(22(32)33)14(11-36-21(17)29)10-35-8-5-13-4-3-6-25-9-13/h2-6,8-9,12,17,21H,1,7,10-11H2,(H2,24,26)(H,27,30)(H,32,33)/b8-5-,28-16?/t17?,21-/m1/s1. The molecule has 0 aromatic carbocycles. The van der Waals surface area contributed by atoms with Crippen LogP contribution < -0.4 is 11.1 Å². The van der Waals surface area contributed by atoms with Crippen molar-refractivity contribution in [3.63, 3.8) is 0 Å². The average molecular weight is 559 g/mol. The Morgan fingerprint density at radius 2 is 2.30 bits per heavy atom. The Kier molecular flexibility index (Phi) is 8.63. The Bertz CT molecular complexity index is 1290. The summed E-state index contributed by atoms with van der Waals surface area (Å²) in [6.07, 6.45) is 6.75. The number of thioether (sulfide) groups is 2. The Morgan fingerprint density at radius 3 is 2.97 bits per heavy atom. The molecule has 0 radical (unpaired) electrons. The normalized spacial score (nSPS) is 19.4. The molecule has 1 fully saturated rings. The van der Waals surface area contributed by atoms with Gasteiger partial charge in [0.15, 0.2) is 10.8 Å². The number of aromatic nitrogens is 2. The highest BCUT2D eigenvalue weighted by molar-refractivity contribution is 8.02. The maximum Gasteiger partial charge on any atom is 0.352 e. The van der Waals surface area contributed by atoms with Gasteiger partial charge in [-0.3, -0.25) is 19.5 Å². The second kappa shape index (κ2) is 12.1. The monoisotopic (exact) mass is 558 g/mol. The molecule has 2 aromatic heterocycles. The maximum absolute atomic E-state index is 13.0. The summed E-state index contributed by atoms with van der Waals surface area (Å²) in [4.78, 5) is 52.5. The molecular formula is C23H22N6O5S3. The van der Waals surface area contributed by atoms with Gasteiger partial charge in [-0.2, -0.15) is 0 Å². The van der Waals surface area contributed by atoms with Crippen LogP contribution in [0.25, 0.3) is 6.08 Å². The van der Waals surface area contributed by atoms with E-state index >= 15 is 0 Å². The third-order valence-electron chi connectivity index (χ3n) is 5.16. The van der Waals surface area contributed by atoms with Crippen LogP contribution in [0.15, 0.2) is 64.4 Å². The number of thiazole rings is 1. The first-order valence-corrected chi connectivity index (χ1v) is 13.8. The molecule has 14 heteroatoms. The van der Waals surface area contributed by atoms with Crippen LogP contribution in [0.2, 0.25) is 0 Å². The summed E-state index contributed by atoms with van der Waals surface area (Å²) in [6.45, 7) is 3.59. The maximum atomic E-state index is 13.0. The number of anilines is 1. The van der Waals surface area contributed by atoms with Gasteiger partial charge >= 0.3 is 5.97 Å². The van der Waals surface area contributed by atoms with Crippen LogP contribution in [0.4, 0.5) is 5.13 Å². The van der Waals surface area contributed by atoms with Crippen molar-refractivity contribution < 1.29 is 24.3 Å². The fourth-order valence-corrected chi connectivity index (χ4v) is 6.32. The third kappa shape index (κ3) is 6.03. The van der Waals surface area contributed by atoms with Crippen LogP contribution in [0.3, 0.4) is 0 Å². The van der Waals surface area contributed by atoms with Gasteiger partial charge in [0.1, 0.15) is 29.4 Å². The van der Waals surface area contributed by atoms with Gasteiger partial charge in [0.2, 0.25) is 0 Å². The van der Waals surface area contributed by atoms with E-state index in [1.54, 1.807) is 17.8 Å². The summed E-state index contributed by atoms with van der Waals surface area (Å²) >= 11 is 3.94. The van der Waals surface area contributed by atoms with E-state index in [-0.39, 0.29) is 28.8 Å². The number of fused-ring (bicyclic) bond motifs is 1. The summed E-state index contributed by atoms with van der Waals surface area (Å²) in [5.41, 5.74) is 7.25. The number of carbonyl (C=O) groups is 3. The van der Waals surface area contributed by atoms with Gasteiger partial charge in [0.05, 0.1) is 0 Å². The van der Waals surface area contributed by atoms with E-state index in [4.69, 9.17) is 10.6 Å². The SMILES string of the molecule is C=CCON=C(C(=O)NC1C(=O)N2C(C(=O)O)=C(CS/C=C\c3cccnc3)CS[C@H]12)c1csc(N)n1. The van der Waals surface area contributed by atoms with Crippen LogP contribution in [-0.2, 0) is 19.2 Å². The van der Waals surface area contributed by atoms with Gasteiger partial charge in [-0.1, -0.05) is 23.9 Å². The number of nitrogens with one attached hydrogen (secondary N) is 1. The number of nitrogens with two attached hydrogens (primary N) is 1. The molecule has 192 valence electrons. The number of oxime groups is 1. The fraction of sp³-hybridized carbons (Fsp3) is 0.217. The van der Waals surface area contributed by atoms with Gasteiger partial charge in [-0.15, -0.1) is 34.9 Å². The zero-order valence-electron chi connectivity index (χ0n) is 19.3. The minimum atomic E-state index is -1.19. The Hall–Kier alpha value is -3.62. The number of pyridine rings is 1. The lowest BCUT2D eigenvalue weighted by atomic mass is 10.0. The molecular weight excluding hydrogens is 536 g/mol. The molecule has 2 aromatic rings. The molecule has 2 aliphatic rings. The minimum Gasteiger partial charge on any atom is -0.477 e. The van der Waals surface area contributed by atoms with Crippen molar-refractivity contribution >= 4 is 69.6 Å². The van der Waals surface area contributed by atoms with Crippen LogP contribution >= 0.6 is 34.9 Å². The van der Waals surface area contributed by atoms with Crippen LogP contribution in [-0.4, -0.2) is 73.0 Å². The molecule has 37 heavy (non-hydrogen) atoms. The van der Waals surface area contributed by atoms with Crippen molar-refractivity contribution in [2.75, 3.05) is 23.8 Å². The van der Waals surface area contributed by atoms with E-state index in [1.165, 1.54) is 34.5 Å². The van der Waals surface area contributed by atoms with E-state index in [9.17, 15) is 19.5 Å². The lowest BCUT2D eigenvalue weighted by Crippen LogP contribution is -2.71. The molecule has 2 amide bonds. The molecule has 0 bridgehead atoms. The van der Waals surface area contributed by atoms with Crippen molar-refractivity contribution in [1.29, 1.82) is 0 Å². The predicted molar refractivity (Wildman–Crippen MR) is 145 cm³/mol. The largest absolute Gasteiger partial charge is 0.477 e. The highest BCUT2D eigenvalue weighted by Gasteiger charge is 2.54. The Morgan fingerprint density at radius 1 is 1.46 bits per heavy atom. The number of aliphatic carboxylic acids is 1. The Labute approximate surface area is 224 Å². The number of carboxylic acids is 1. The highest BCUT2D eigenvalue weighted by atomic mass is 32.2. The van der Waals surface area contributed by atoms with Crippen molar-refractivity contribution in [2.45, 2.75) is 11.4 Å². The number of amides is 2. The number of carbonyl (C=O) groups excluding carboxylic acids is 2. The molecule has 4 heterocycles. The quantitative estimate of drug-likeness (QED) is 0.123. The summed E-state index contributed by atoms with van der Waals surface area (Å²) in [5.74, 6) is -1.58. The molecule has 1 saturated heterocycles. The van der Waals surface area contributed by atoms with Gasteiger partial charge in [-0.25, -0.2) is 9.78 Å². The molecule has 11 nitrogen and oxygen atoms in total. The van der Waals surface area contributed by atoms with E-state index < -0.39 is 29.2 Å². The van der Waals surface area contributed by atoms with Crippen LogP contribution in [0, 0.1) is 0 Å². The van der Waals surface area contributed by atoms with Crippen molar-refractivity contribution in [1.82, 2.24) is 20.2 Å². The lowest BCUT2D eigenvalue weighted by molar-refractivity contribution is -0.150. The van der Waals surface area contributed by atoms with E-state index in [0.717, 1.165) is 16.9 Å². The molecule has 2 atom stereocenters. The van der Waals surface area contributed by atoms with Gasteiger partial charge in [0, 0.05) is 29.3 Å². The first-order chi connectivity index (χ1) is 17.9. The number of nitrogen functional groups attached to an aromatic ring is 1. The van der Waals surface area contributed by atoms with Gasteiger partial charge < -0.3 is 21.0 Å². The number of hydrogen-bond donors (Lipinski definition) is 3. The molecule has 0 saturated carbocycles. The predicted octanol–water partition coefficient (Wildman–Crippen LogP) is 2.17. The van der Waals surface area contributed by atoms with E-state index in [2.05, 4.69) is 27.0 Å². The molecule has 2 aliphatic heterocycles. The number of β-lactam (4-membered cyclic amide) rings is 1. The smallest absolute Gasteiger partial charge is 0.352 e. The summed E-state index contributed by atoms with van der Waals surface area (Å²) in [5, 5.41) is 19.4.